The summed E-state index contributed by atoms with van der Waals surface area (Å²) in [4.78, 5) is 0. The van der Waals surface area contributed by atoms with Crippen molar-refractivity contribution in [3.05, 3.63) is 46.6 Å². The number of hydrogen-bond acceptors (Lipinski definition) is 2. The fourth-order valence-corrected chi connectivity index (χ4v) is 2.33. The molecule has 0 amide bonds. The Kier molecular flexibility index (Phi) is 4.46. The van der Waals surface area contributed by atoms with Crippen LogP contribution in [0.2, 0.25) is 0 Å². The van der Waals surface area contributed by atoms with Gasteiger partial charge >= 0.3 is 0 Å². The summed E-state index contributed by atoms with van der Waals surface area (Å²) in [6.45, 7) is 11.7. The highest BCUT2D eigenvalue weighted by Gasteiger charge is 2.24. The van der Waals surface area contributed by atoms with Crippen LogP contribution in [0.4, 0.5) is 0 Å². The first-order valence-corrected chi connectivity index (χ1v) is 6.55. The van der Waals surface area contributed by atoms with Crippen molar-refractivity contribution in [3.8, 4) is 11.5 Å². The van der Waals surface area contributed by atoms with Crippen molar-refractivity contribution in [2.24, 2.45) is 0 Å². The fraction of sp³-hybridized carbons (Fsp3) is 0.412. The Bertz CT molecular complexity index is 535. The summed E-state index contributed by atoms with van der Waals surface area (Å²) in [6, 6.07) is 1.66. The zero-order valence-corrected chi connectivity index (χ0v) is 12.7. The second-order valence-corrected chi connectivity index (χ2v) is 5.65. The van der Waals surface area contributed by atoms with Crippen molar-refractivity contribution in [2.75, 3.05) is 0 Å². The quantitative estimate of drug-likeness (QED) is 0.620. The molecule has 0 atom stereocenters. The van der Waals surface area contributed by atoms with E-state index in [1.807, 2.05) is 53.7 Å². The first kappa shape index (κ1) is 15.4. The third-order valence-electron chi connectivity index (χ3n) is 3.55. The van der Waals surface area contributed by atoms with E-state index in [1.54, 1.807) is 6.07 Å². The molecule has 1 aromatic carbocycles. The van der Waals surface area contributed by atoms with E-state index >= 15 is 0 Å². The molecule has 0 bridgehead atoms. The molecule has 0 saturated carbocycles. The van der Waals surface area contributed by atoms with E-state index in [9.17, 15) is 10.2 Å². The zero-order chi connectivity index (χ0) is 14.8. The summed E-state index contributed by atoms with van der Waals surface area (Å²) in [6.07, 6.45) is 6.11. The molecule has 0 aliphatic carbocycles. The molecule has 19 heavy (non-hydrogen) atoms. The lowest BCUT2D eigenvalue weighted by Gasteiger charge is -2.25. The minimum absolute atomic E-state index is 0.232. The second kappa shape index (κ2) is 5.52. The molecular formula is C17H24O2. The van der Waals surface area contributed by atoms with Crippen LogP contribution in [0, 0.1) is 13.8 Å². The lowest BCUT2D eigenvalue weighted by Crippen LogP contribution is -2.15. The molecule has 0 saturated heterocycles. The molecule has 1 aromatic rings. The van der Waals surface area contributed by atoms with Gasteiger partial charge in [0.25, 0.3) is 0 Å². The standard InChI is InChI=1S/C17H24O2/c1-7-8-11(2)10-17(5,6)14-9-15(18)12(3)13(4)16(14)19/h7-10,18-19H,1-6H3/b8-7-,11-10+. The van der Waals surface area contributed by atoms with Crippen molar-refractivity contribution in [1.29, 1.82) is 0 Å². The van der Waals surface area contributed by atoms with Gasteiger partial charge in [-0.1, -0.05) is 37.6 Å². The van der Waals surface area contributed by atoms with Crippen molar-refractivity contribution in [2.45, 2.75) is 47.0 Å². The Morgan fingerprint density at radius 1 is 1.16 bits per heavy atom. The van der Waals surface area contributed by atoms with Gasteiger partial charge in [0, 0.05) is 11.0 Å². The molecule has 0 radical (unpaired) electrons. The van der Waals surface area contributed by atoms with Crippen LogP contribution in [0.5, 0.6) is 11.5 Å². The second-order valence-electron chi connectivity index (χ2n) is 5.65. The third-order valence-corrected chi connectivity index (χ3v) is 3.55. The maximum atomic E-state index is 10.3. The smallest absolute Gasteiger partial charge is 0.123 e. The van der Waals surface area contributed by atoms with Gasteiger partial charge in [-0.05, 0) is 44.9 Å². The van der Waals surface area contributed by atoms with E-state index < -0.39 is 0 Å². The Hall–Kier alpha value is -1.70. The molecule has 2 N–H and O–H groups in total. The Balaban J connectivity index is 3.41. The highest BCUT2D eigenvalue weighted by atomic mass is 16.3. The average Bonchev–Trinajstić information content (AvgIpc) is 2.30. The van der Waals surface area contributed by atoms with Crippen LogP contribution in [-0.4, -0.2) is 10.2 Å². The average molecular weight is 260 g/mol. The number of aromatic hydroxyl groups is 2. The van der Waals surface area contributed by atoms with Crippen LogP contribution in [0.3, 0.4) is 0 Å². The molecule has 0 fully saturated rings. The van der Waals surface area contributed by atoms with Crippen molar-refractivity contribution in [3.63, 3.8) is 0 Å². The van der Waals surface area contributed by atoms with E-state index in [2.05, 4.69) is 6.08 Å². The van der Waals surface area contributed by atoms with Gasteiger partial charge in [0.2, 0.25) is 0 Å². The highest BCUT2D eigenvalue weighted by Crippen LogP contribution is 2.39. The van der Waals surface area contributed by atoms with Gasteiger partial charge in [-0.25, -0.2) is 0 Å². The van der Waals surface area contributed by atoms with E-state index in [0.717, 1.165) is 22.3 Å². The molecule has 0 aliphatic rings. The van der Waals surface area contributed by atoms with Gasteiger partial charge in [-0.15, -0.1) is 0 Å². The minimum Gasteiger partial charge on any atom is -0.508 e. The molecule has 0 unspecified atom stereocenters. The number of phenols is 2. The summed E-state index contributed by atoms with van der Waals surface area (Å²) in [5.74, 6) is 0.500. The van der Waals surface area contributed by atoms with Crippen LogP contribution in [0.1, 0.15) is 44.4 Å². The van der Waals surface area contributed by atoms with E-state index in [4.69, 9.17) is 0 Å². The maximum absolute atomic E-state index is 10.3. The van der Waals surface area contributed by atoms with Gasteiger partial charge < -0.3 is 10.2 Å². The monoisotopic (exact) mass is 260 g/mol. The van der Waals surface area contributed by atoms with Gasteiger partial charge in [-0.3, -0.25) is 0 Å². The largest absolute Gasteiger partial charge is 0.508 e. The molecule has 2 nitrogen and oxygen atoms in total. The summed E-state index contributed by atoms with van der Waals surface area (Å²) in [5.41, 5.74) is 3.00. The van der Waals surface area contributed by atoms with Gasteiger partial charge in [0.05, 0.1) is 0 Å². The van der Waals surface area contributed by atoms with Crippen LogP contribution >= 0.6 is 0 Å². The van der Waals surface area contributed by atoms with Gasteiger partial charge in [0.1, 0.15) is 11.5 Å². The SMILES string of the molecule is C/C=C\C(C)=C\C(C)(C)c1cc(O)c(C)c(C)c1O. The van der Waals surface area contributed by atoms with Crippen LogP contribution in [-0.2, 0) is 5.41 Å². The maximum Gasteiger partial charge on any atom is 0.123 e. The summed E-state index contributed by atoms with van der Waals surface area (Å²) in [7, 11) is 0. The van der Waals surface area contributed by atoms with Crippen molar-refractivity contribution < 1.29 is 10.2 Å². The number of benzene rings is 1. The molecule has 0 aliphatic heterocycles. The summed E-state index contributed by atoms with van der Waals surface area (Å²) >= 11 is 0. The van der Waals surface area contributed by atoms with E-state index in [-0.39, 0.29) is 16.9 Å². The third kappa shape index (κ3) is 3.19. The van der Waals surface area contributed by atoms with Gasteiger partial charge in [0.15, 0.2) is 0 Å². The predicted molar refractivity (Wildman–Crippen MR) is 80.8 cm³/mol. The topological polar surface area (TPSA) is 40.5 Å². The molecule has 1 rings (SSSR count). The Morgan fingerprint density at radius 2 is 1.74 bits per heavy atom. The minimum atomic E-state index is -0.344. The van der Waals surface area contributed by atoms with Crippen LogP contribution < -0.4 is 0 Å². The molecular weight excluding hydrogens is 236 g/mol. The molecule has 0 spiro atoms. The van der Waals surface area contributed by atoms with E-state index in [1.165, 1.54) is 0 Å². The molecule has 2 heteroatoms. The normalized spacial score (nSPS) is 13.3. The fourth-order valence-electron chi connectivity index (χ4n) is 2.33. The number of hydrogen-bond donors (Lipinski definition) is 2. The van der Waals surface area contributed by atoms with Gasteiger partial charge in [-0.2, -0.15) is 0 Å². The van der Waals surface area contributed by atoms with Crippen molar-refractivity contribution >= 4 is 0 Å². The molecule has 0 heterocycles. The first-order chi connectivity index (χ1) is 8.70. The summed E-state index contributed by atoms with van der Waals surface area (Å²) < 4.78 is 0. The van der Waals surface area contributed by atoms with Crippen LogP contribution in [0.15, 0.2) is 29.9 Å². The number of allylic oxidation sites excluding steroid dienone is 4. The highest BCUT2D eigenvalue weighted by molar-refractivity contribution is 5.55. The zero-order valence-electron chi connectivity index (χ0n) is 12.7. The summed E-state index contributed by atoms with van der Waals surface area (Å²) in [5, 5.41) is 20.3. The van der Waals surface area contributed by atoms with E-state index in [0.29, 0.717) is 0 Å². The van der Waals surface area contributed by atoms with Crippen LogP contribution in [0.25, 0.3) is 0 Å². The lowest BCUT2D eigenvalue weighted by molar-refractivity contribution is 0.436. The Labute approximate surface area is 116 Å². The molecule has 0 aromatic heterocycles. The predicted octanol–water partition coefficient (Wildman–Crippen LogP) is 4.51. The molecule has 104 valence electrons. The number of phenolic OH excluding ortho intramolecular Hbond substituents is 2. The first-order valence-electron chi connectivity index (χ1n) is 6.55. The lowest BCUT2D eigenvalue weighted by atomic mass is 9.80. The number of rotatable bonds is 3. The Morgan fingerprint density at radius 3 is 2.26 bits per heavy atom. The van der Waals surface area contributed by atoms with Crippen molar-refractivity contribution in [1.82, 2.24) is 0 Å².